The highest BCUT2D eigenvalue weighted by Crippen LogP contribution is 2.21. The topological polar surface area (TPSA) is 72.7 Å². The standard InChI is InChI=1S/C12H18FNO3/c1-14-5-4-11(16)12(17)8-2-3-9(7-15)10(13)6-8/h2-3,6,11-12,14-17H,4-5,7H2,1H3. The molecule has 1 aromatic carbocycles. The van der Waals surface area contributed by atoms with Gasteiger partial charge in [-0.1, -0.05) is 12.1 Å². The molecule has 0 amide bonds. The Morgan fingerprint density at radius 1 is 1.35 bits per heavy atom. The summed E-state index contributed by atoms with van der Waals surface area (Å²) >= 11 is 0. The highest BCUT2D eigenvalue weighted by atomic mass is 19.1. The van der Waals surface area contributed by atoms with E-state index in [-0.39, 0.29) is 12.2 Å². The number of aliphatic hydroxyl groups is 3. The van der Waals surface area contributed by atoms with Crippen molar-refractivity contribution in [2.45, 2.75) is 25.2 Å². The van der Waals surface area contributed by atoms with E-state index in [1.165, 1.54) is 12.1 Å². The predicted molar refractivity (Wildman–Crippen MR) is 61.8 cm³/mol. The van der Waals surface area contributed by atoms with Gasteiger partial charge in [0.05, 0.1) is 12.7 Å². The van der Waals surface area contributed by atoms with Crippen molar-refractivity contribution >= 4 is 0 Å². The van der Waals surface area contributed by atoms with Crippen LogP contribution in [0.2, 0.25) is 0 Å². The van der Waals surface area contributed by atoms with Gasteiger partial charge in [-0.05, 0) is 31.6 Å². The minimum Gasteiger partial charge on any atom is -0.392 e. The molecule has 0 fully saturated rings. The van der Waals surface area contributed by atoms with E-state index in [0.29, 0.717) is 18.5 Å². The first kappa shape index (κ1) is 14.1. The third kappa shape index (κ3) is 3.74. The van der Waals surface area contributed by atoms with Crippen LogP contribution in [-0.4, -0.2) is 35.0 Å². The van der Waals surface area contributed by atoms with Crippen LogP contribution in [0, 0.1) is 5.82 Å². The second-order valence-electron chi connectivity index (χ2n) is 3.91. The van der Waals surface area contributed by atoms with Crippen LogP contribution in [0.1, 0.15) is 23.7 Å². The van der Waals surface area contributed by atoms with Crippen LogP contribution in [0.25, 0.3) is 0 Å². The van der Waals surface area contributed by atoms with E-state index in [4.69, 9.17) is 5.11 Å². The van der Waals surface area contributed by atoms with Gasteiger partial charge in [0.25, 0.3) is 0 Å². The number of benzene rings is 1. The molecule has 1 rings (SSSR count). The lowest BCUT2D eigenvalue weighted by Crippen LogP contribution is -2.23. The van der Waals surface area contributed by atoms with Crippen LogP contribution in [-0.2, 0) is 6.61 Å². The molecule has 4 nitrogen and oxygen atoms in total. The number of rotatable bonds is 6. The van der Waals surface area contributed by atoms with E-state index in [1.807, 2.05) is 0 Å². The Morgan fingerprint density at radius 2 is 2.06 bits per heavy atom. The summed E-state index contributed by atoms with van der Waals surface area (Å²) in [6, 6.07) is 4.04. The molecule has 0 aromatic heterocycles. The largest absolute Gasteiger partial charge is 0.392 e. The quantitative estimate of drug-likeness (QED) is 0.580. The molecule has 0 aliphatic heterocycles. The minimum absolute atomic E-state index is 0.172. The molecule has 0 saturated heterocycles. The SMILES string of the molecule is CNCCC(O)C(O)c1ccc(CO)c(F)c1. The van der Waals surface area contributed by atoms with Crippen LogP contribution in [0.3, 0.4) is 0 Å². The van der Waals surface area contributed by atoms with E-state index >= 15 is 0 Å². The molecule has 2 atom stereocenters. The zero-order chi connectivity index (χ0) is 12.8. The van der Waals surface area contributed by atoms with Crippen molar-refractivity contribution in [3.05, 3.63) is 35.1 Å². The van der Waals surface area contributed by atoms with Gasteiger partial charge in [0.2, 0.25) is 0 Å². The van der Waals surface area contributed by atoms with Crippen LogP contribution in [0.4, 0.5) is 4.39 Å². The first-order chi connectivity index (χ1) is 8.10. The minimum atomic E-state index is -1.12. The lowest BCUT2D eigenvalue weighted by atomic mass is 10.0. The lowest BCUT2D eigenvalue weighted by molar-refractivity contribution is 0.0138. The van der Waals surface area contributed by atoms with E-state index in [1.54, 1.807) is 7.05 Å². The molecule has 5 heteroatoms. The summed E-state index contributed by atoms with van der Waals surface area (Å²) in [5.74, 6) is -0.579. The first-order valence-corrected chi connectivity index (χ1v) is 5.50. The van der Waals surface area contributed by atoms with E-state index in [0.717, 1.165) is 6.07 Å². The summed E-state index contributed by atoms with van der Waals surface area (Å²) in [7, 11) is 1.74. The Labute approximate surface area is 99.7 Å². The normalized spacial score (nSPS) is 14.6. The number of hydrogen-bond donors (Lipinski definition) is 4. The second-order valence-corrected chi connectivity index (χ2v) is 3.91. The van der Waals surface area contributed by atoms with Crippen molar-refractivity contribution in [2.24, 2.45) is 0 Å². The van der Waals surface area contributed by atoms with Gasteiger partial charge in [-0.2, -0.15) is 0 Å². The Balaban J connectivity index is 2.74. The van der Waals surface area contributed by atoms with Crippen LogP contribution in [0.15, 0.2) is 18.2 Å². The van der Waals surface area contributed by atoms with Gasteiger partial charge in [-0.25, -0.2) is 4.39 Å². The van der Waals surface area contributed by atoms with Gasteiger partial charge >= 0.3 is 0 Å². The molecule has 96 valence electrons. The summed E-state index contributed by atoms with van der Waals surface area (Å²) in [5.41, 5.74) is 0.481. The third-order valence-corrected chi connectivity index (χ3v) is 2.64. The zero-order valence-electron chi connectivity index (χ0n) is 9.73. The Kier molecular flexibility index (Phi) is 5.50. The Hall–Kier alpha value is -1.01. The molecule has 0 bridgehead atoms. The smallest absolute Gasteiger partial charge is 0.129 e. The Morgan fingerprint density at radius 3 is 2.59 bits per heavy atom. The summed E-state index contributed by atoms with van der Waals surface area (Å²) in [6.07, 6.45) is -1.69. The van der Waals surface area contributed by atoms with E-state index in [9.17, 15) is 14.6 Å². The van der Waals surface area contributed by atoms with Gasteiger partial charge in [0.15, 0.2) is 0 Å². The molecule has 0 spiro atoms. The molecule has 0 aliphatic carbocycles. The summed E-state index contributed by atoms with van der Waals surface area (Å²) in [4.78, 5) is 0. The van der Waals surface area contributed by atoms with Gasteiger partial charge < -0.3 is 20.6 Å². The molecule has 0 aliphatic rings. The molecule has 2 unspecified atom stereocenters. The molecule has 0 heterocycles. The summed E-state index contributed by atoms with van der Waals surface area (Å²) in [5, 5.41) is 31.1. The lowest BCUT2D eigenvalue weighted by Gasteiger charge is -2.18. The molecular formula is C12H18FNO3. The van der Waals surface area contributed by atoms with Crippen LogP contribution < -0.4 is 5.32 Å². The van der Waals surface area contributed by atoms with Gasteiger partial charge in [0.1, 0.15) is 11.9 Å². The number of aliphatic hydroxyl groups excluding tert-OH is 3. The molecule has 4 N–H and O–H groups in total. The van der Waals surface area contributed by atoms with Crippen molar-refractivity contribution in [1.82, 2.24) is 5.32 Å². The number of nitrogens with one attached hydrogen (secondary N) is 1. The van der Waals surface area contributed by atoms with E-state index < -0.39 is 18.0 Å². The van der Waals surface area contributed by atoms with Crippen molar-refractivity contribution < 1.29 is 19.7 Å². The third-order valence-electron chi connectivity index (χ3n) is 2.64. The molecule has 0 radical (unpaired) electrons. The maximum absolute atomic E-state index is 13.4. The fourth-order valence-electron chi connectivity index (χ4n) is 1.55. The maximum atomic E-state index is 13.4. The highest BCUT2D eigenvalue weighted by Gasteiger charge is 2.18. The van der Waals surface area contributed by atoms with E-state index in [2.05, 4.69) is 5.32 Å². The number of hydrogen-bond acceptors (Lipinski definition) is 4. The fourth-order valence-corrected chi connectivity index (χ4v) is 1.55. The summed E-state index contributed by atoms with van der Waals surface area (Å²) in [6.45, 7) is 0.181. The fraction of sp³-hybridized carbons (Fsp3) is 0.500. The highest BCUT2D eigenvalue weighted by molar-refractivity contribution is 5.26. The predicted octanol–water partition coefficient (Wildman–Crippen LogP) is 0.322. The van der Waals surface area contributed by atoms with Crippen molar-refractivity contribution in [3.8, 4) is 0 Å². The van der Waals surface area contributed by atoms with Gasteiger partial charge in [-0.3, -0.25) is 0 Å². The van der Waals surface area contributed by atoms with Gasteiger partial charge in [-0.15, -0.1) is 0 Å². The molecule has 0 saturated carbocycles. The average molecular weight is 243 g/mol. The van der Waals surface area contributed by atoms with Crippen LogP contribution in [0.5, 0.6) is 0 Å². The van der Waals surface area contributed by atoms with Crippen molar-refractivity contribution in [2.75, 3.05) is 13.6 Å². The first-order valence-electron chi connectivity index (χ1n) is 5.50. The van der Waals surface area contributed by atoms with Crippen molar-refractivity contribution in [1.29, 1.82) is 0 Å². The number of halogens is 1. The second kappa shape index (κ2) is 6.66. The van der Waals surface area contributed by atoms with Crippen molar-refractivity contribution in [3.63, 3.8) is 0 Å². The molecule has 1 aromatic rings. The monoisotopic (exact) mass is 243 g/mol. The zero-order valence-corrected chi connectivity index (χ0v) is 9.73. The summed E-state index contributed by atoms with van der Waals surface area (Å²) < 4.78 is 13.4. The molecular weight excluding hydrogens is 225 g/mol. The average Bonchev–Trinajstić information content (AvgIpc) is 2.34. The Bertz CT molecular complexity index is 360. The molecule has 17 heavy (non-hydrogen) atoms. The maximum Gasteiger partial charge on any atom is 0.129 e. The van der Waals surface area contributed by atoms with Crippen LogP contribution >= 0.6 is 0 Å². The van der Waals surface area contributed by atoms with Gasteiger partial charge in [0, 0.05) is 5.56 Å².